The van der Waals surface area contributed by atoms with Crippen LogP contribution in [-0.2, 0) is 11.2 Å². The third kappa shape index (κ3) is 9.10. The Kier molecular flexibility index (Phi) is 11.9. The summed E-state index contributed by atoms with van der Waals surface area (Å²) >= 11 is 0. The van der Waals surface area contributed by atoms with E-state index in [2.05, 4.69) is 16.0 Å². The molecule has 0 spiro atoms. The summed E-state index contributed by atoms with van der Waals surface area (Å²) in [5.41, 5.74) is 2.14. The minimum Gasteiger partial charge on any atom is -0.507 e. The van der Waals surface area contributed by atoms with Gasteiger partial charge in [-0.3, -0.25) is 24.0 Å². The fraction of sp³-hybridized carbons (Fsp3) is 0.146. The molecule has 0 aliphatic rings. The van der Waals surface area contributed by atoms with Gasteiger partial charge >= 0.3 is 5.97 Å². The Hall–Kier alpha value is -7.53. The highest BCUT2D eigenvalue weighted by Crippen LogP contribution is 2.32. The first kappa shape index (κ1) is 38.7. The lowest BCUT2D eigenvalue weighted by molar-refractivity contribution is -0.119. The van der Waals surface area contributed by atoms with Crippen LogP contribution in [0.15, 0.2) is 95.8 Å². The molecular weight excluding hydrogens is 708 g/mol. The van der Waals surface area contributed by atoms with Crippen LogP contribution in [0.25, 0.3) is 0 Å². The summed E-state index contributed by atoms with van der Waals surface area (Å²) in [6.07, 6.45) is 2.44. The number of anilines is 3. The number of aromatic carboxylic acids is 1. The first-order chi connectivity index (χ1) is 26.3. The van der Waals surface area contributed by atoms with Crippen molar-refractivity contribution >= 4 is 52.3 Å². The Balaban J connectivity index is 1.17. The van der Waals surface area contributed by atoms with Crippen LogP contribution in [0.2, 0.25) is 0 Å². The molecule has 55 heavy (non-hydrogen) atoms. The Morgan fingerprint density at radius 3 is 1.85 bits per heavy atom. The van der Waals surface area contributed by atoms with Gasteiger partial charge in [0.25, 0.3) is 11.8 Å². The third-order valence-corrected chi connectivity index (χ3v) is 8.87. The van der Waals surface area contributed by atoms with Gasteiger partial charge in [-0.25, -0.2) is 4.79 Å². The van der Waals surface area contributed by atoms with Gasteiger partial charge in [-0.15, -0.1) is 0 Å². The van der Waals surface area contributed by atoms with E-state index in [0.717, 1.165) is 6.07 Å². The molecule has 1 unspecified atom stereocenters. The molecule has 1 aromatic heterocycles. The minimum atomic E-state index is -1.34. The lowest BCUT2D eigenvalue weighted by atomic mass is 9.94. The molecule has 0 aliphatic heterocycles. The smallest absolute Gasteiger partial charge is 0.339 e. The molecule has 3 amide bonds. The number of rotatable bonds is 14. The van der Waals surface area contributed by atoms with E-state index in [1.807, 2.05) is 6.07 Å². The minimum absolute atomic E-state index is 0.118. The first-order valence-corrected chi connectivity index (χ1v) is 16.7. The quantitative estimate of drug-likeness (QED) is 0.0657. The number of nitrogens with zero attached hydrogens (tertiary/aromatic N) is 1. The number of phenolic OH excluding ortho intramolecular Hbond substituents is 1. The van der Waals surface area contributed by atoms with Gasteiger partial charge in [0.05, 0.1) is 29.4 Å². The second-order valence-corrected chi connectivity index (χ2v) is 12.5. The Morgan fingerprint density at radius 2 is 1.27 bits per heavy atom. The predicted molar refractivity (Wildman–Crippen MR) is 199 cm³/mol. The Labute approximate surface area is 314 Å². The molecule has 0 radical (unpaired) electrons. The van der Waals surface area contributed by atoms with Crippen LogP contribution in [-0.4, -0.2) is 50.6 Å². The number of Topliss-reactive ketones (excluding diaryl/α,β-unsaturated/α-hetero) is 2. The van der Waals surface area contributed by atoms with Crippen molar-refractivity contribution in [2.24, 2.45) is 5.92 Å². The molecule has 278 valence electrons. The molecule has 6 N–H and O–H groups in total. The number of phenols is 2. The molecule has 1 atom stereocenters. The Morgan fingerprint density at radius 1 is 0.691 bits per heavy atom. The molecule has 0 saturated carbocycles. The molecular formula is C41H34N4O10. The number of hydrogen-bond donors (Lipinski definition) is 6. The zero-order valence-electron chi connectivity index (χ0n) is 29.5. The lowest BCUT2D eigenvalue weighted by Gasteiger charge is -2.15. The van der Waals surface area contributed by atoms with Crippen molar-refractivity contribution in [1.82, 2.24) is 0 Å². The largest absolute Gasteiger partial charge is 0.507 e. The van der Waals surface area contributed by atoms with E-state index in [0.29, 0.717) is 22.4 Å². The standard InChI is InChI=1S/C41H34N4O10/c1-22-32(13-11-30(36(22)48)40(52)45-33-14-12-31(41(53)54)37(49)23(33)2)44-38(50)26-7-9-29(10-8-26)43-39(51)27(15-17-42)20-35(47)25-5-3-24(4-6-25)19-34(46)28-16-18-55-21-28/h3-14,16,18,21,27,48-49H,15,19-20H2,1-2H3,(H,43,51)(H,44,50)(H,45,52)(H,53,54). The van der Waals surface area contributed by atoms with Gasteiger partial charge in [-0.1, -0.05) is 24.3 Å². The van der Waals surface area contributed by atoms with Crippen molar-refractivity contribution in [2.45, 2.75) is 33.1 Å². The van der Waals surface area contributed by atoms with Crippen molar-refractivity contribution in [3.63, 3.8) is 0 Å². The molecule has 14 heteroatoms. The third-order valence-electron chi connectivity index (χ3n) is 8.87. The monoisotopic (exact) mass is 742 g/mol. The molecule has 0 aliphatic carbocycles. The van der Waals surface area contributed by atoms with E-state index in [-0.39, 0.29) is 70.0 Å². The molecule has 1 heterocycles. The van der Waals surface area contributed by atoms with E-state index in [4.69, 9.17) is 4.42 Å². The molecule has 4 aromatic carbocycles. The second-order valence-electron chi connectivity index (χ2n) is 12.5. The number of hydrogen-bond acceptors (Lipinski definition) is 10. The van der Waals surface area contributed by atoms with Gasteiger partial charge in [-0.05, 0) is 74.0 Å². The van der Waals surface area contributed by atoms with E-state index in [9.17, 15) is 49.3 Å². The van der Waals surface area contributed by atoms with Gasteiger partial charge in [0.2, 0.25) is 5.91 Å². The highest BCUT2D eigenvalue weighted by molar-refractivity contribution is 6.09. The van der Waals surface area contributed by atoms with E-state index >= 15 is 0 Å². The van der Waals surface area contributed by atoms with Gasteiger partial charge in [0, 0.05) is 58.6 Å². The number of furan rings is 1. The van der Waals surface area contributed by atoms with Crippen LogP contribution >= 0.6 is 0 Å². The summed E-state index contributed by atoms with van der Waals surface area (Å²) < 4.78 is 4.94. The molecule has 0 saturated heterocycles. The second kappa shape index (κ2) is 16.9. The van der Waals surface area contributed by atoms with Gasteiger partial charge in [-0.2, -0.15) is 5.26 Å². The van der Waals surface area contributed by atoms with Gasteiger partial charge < -0.3 is 35.7 Å². The highest BCUT2D eigenvalue weighted by atomic mass is 16.4. The van der Waals surface area contributed by atoms with Crippen LogP contribution in [0.1, 0.15) is 81.3 Å². The molecule has 5 aromatic rings. The van der Waals surface area contributed by atoms with Crippen LogP contribution in [0.3, 0.4) is 0 Å². The number of amides is 3. The van der Waals surface area contributed by atoms with E-state index in [1.165, 1.54) is 68.8 Å². The number of carboxylic acid groups (broad SMARTS) is 1. The number of ketones is 2. The Bertz CT molecular complexity index is 2340. The van der Waals surface area contributed by atoms with Crippen molar-refractivity contribution in [1.29, 1.82) is 5.26 Å². The summed E-state index contributed by atoms with van der Waals surface area (Å²) in [5.74, 6) is -5.58. The van der Waals surface area contributed by atoms with Gasteiger partial charge in [0.15, 0.2) is 11.6 Å². The summed E-state index contributed by atoms with van der Waals surface area (Å²) in [6.45, 7) is 2.92. The summed E-state index contributed by atoms with van der Waals surface area (Å²) in [7, 11) is 0. The fourth-order valence-corrected chi connectivity index (χ4v) is 5.59. The average molecular weight is 743 g/mol. The zero-order valence-corrected chi connectivity index (χ0v) is 29.5. The summed E-state index contributed by atoms with van der Waals surface area (Å²) in [5, 5.41) is 47.4. The number of carbonyl (C=O) groups excluding carboxylic acids is 5. The zero-order chi connectivity index (χ0) is 39.8. The average Bonchev–Trinajstić information content (AvgIpc) is 3.71. The number of carbonyl (C=O) groups is 6. The highest BCUT2D eigenvalue weighted by Gasteiger charge is 2.24. The maximum atomic E-state index is 13.1. The van der Waals surface area contributed by atoms with Crippen molar-refractivity contribution in [2.75, 3.05) is 16.0 Å². The van der Waals surface area contributed by atoms with Crippen LogP contribution < -0.4 is 16.0 Å². The number of aromatic hydroxyl groups is 2. The number of carboxylic acids is 1. The number of benzene rings is 4. The lowest BCUT2D eigenvalue weighted by Crippen LogP contribution is -2.25. The van der Waals surface area contributed by atoms with Crippen LogP contribution in [0.4, 0.5) is 17.1 Å². The molecule has 5 rings (SSSR count). The topological polar surface area (TPSA) is 236 Å². The molecule has 14 nitrogen and oxygen atoms in total. The summed E-state index contributed by atoms with van der Waals surface area (Å²) in [6, 6.07) is 21.0. The van der Waals surface area contributed by atoms with Crippen molar-refractivity contribution in [3.05, 3.63) is 136 Å². The van der Waals surface area contributed by atoms with Crippen LogP contribution in [0, 0.1) is 31.1 Å². The maximum Gasteiger partial charge on any atom is 0.339 e. The number of nitriles is 1. The summed E-state index contributed by atoms with van der Waals surface area (Å²) in [4.78, 5) is 75.8. The van der Waals surface area contributed by atoms with E-state index < -0.39 is 41.1 Å². The number of nitrogens with one attached hydrogen (secondary N) is 3. The van der Waals surface area contributed by atoms with Crippen LogP contribution in [0.5, 0.6) is 11.5 Å². The normalized spacial score (nSPS) is 11.1. The van der Waals surface area contributed by atoms with Gasteiger partial charge in [0.1, 0.15) is 23.3 Å². The van der Waals surface area contributed by atoms with Crippen molar-refractivity contribution < 1.29 is 48.5 Å². The SMILES string of the molecule is Cc1c(NC(=O)c2ccc(NC(=O)c3ccc(NC(=O)C(CC#N)CC(=O)c4ccc(CC(=O)c5ccoc5)cc4)cc3)c(C)c2O)ccc(C(=O)O)c1O. The maximum absolute atomic E-state index is 13.1. The van der Waals surface area contributed by atoms with E-state index in [1.54, 1.807) is 30.3 Å². The fourth-order valence-electron chi connectivity index (χ4n) is 5.59. The molecule has 0 fully saturated rings. The van der Waals surface area contributed by atoms with Crippen molar-refractivity contribution in [3.8, 4) is 17.6 Å². The molecule has 0 bridgehead atoms. The first-order valence-electron chi connectivity index (χ1n) is 16.7. The predicted octanol–water partition coefficient (Wildman–Crippen LogP) is 6.68.